The molecule has 0 aromatic heterocycles. The second-order valence-corrected chi connectivity index (χ2v) is 4.31. The van der Waals surface area contributed by atoms with Gasteiger partial charge in [0.25, 0.3) is 0 Å². The van der Waals surface area contributed by atoms with E-state index >= 15 is 0 Å². The Bertz CT molecular complexity index is 554. The number of nitrogens with one attached hydrogen (secondary N) is 1. The fraction of sp³-hybridized carbons (Fsp3) is 0.250. The van der Waals surface area contributed by atoms with Crippen LogP contribution in [0.2, 0.25) is 0 Å². The van der Waals surface area contributed by atoms with Gasteiger partial charge < -0.3 is 10.1 Å². The highest BCUT2D eigenvalue weighted by Crippen LogP contribution is 2.29. The van der Waals surface area contributed by atoms with Crippen LogP contribution in [0.1, 0.15) is 18.1 Å². The quantitative estimate of drug-likeness (QED) is 0.879. The fourth-order valence-corrected chi connectivity index (χ4v) is 2.00. The Hall–Kier alpha value is -1.87. The van der Waals surface area contributed by atoms with Crippen molar-refractivity contribution in [1.82, 2.24) is 5.32 Å². The van der Waals surface area contributed by atoms with Gasteiger partial charge in [-0.3, -0.25) is 0 Å². The minimum Gasteiger partial charge on any atom is -0.457 e. The van der Waals surface area contributed by atoms with E-state index < -0.39 is 0 Å². The first-order valence-electron chi connectivity index (χ1n) is 6.44. The molecule has 0 aliphatic rings. The average Bonchev–Trinajstić information content (AvgIpc) is 2.43. The van der Waals surface area contributed by atoms with E-state index in [1.165, 1.54) is 6.07 Å². The lowest BCUT2D eigenvalue weighted by Gasteiger charge is -2.14. The summed E-state index contributed by atoms with van der Waals surface area (Å²) in [5.74, 6) is 1.10. The maximum atomic E-state index is 13.8. The number of halogens is 1. The molecule has 0 saturated heterocycles. The Morgan fingerprint density at radius 2 is 1.79 bits per heavy atom. The summed E-state index contributed by atoms with van der Waals surface area (Å²) in [5.41, 5.74) is 1.66. The molecule has 1 N–H and O–H groups in total. The second-order valence-electron chi connectivity index (χ2n) is 4.31. The van der Waals surface area contributed by atoms with Gasteiger partial charge in [-0.1, -0.05) is 31.2 Å². The van der Waals surface area contributed by atoms with Crippen molar-refractivity contribution in [2.45, 2.75) is 19.9 Å². The molecule has 2 nitrogen and oxygen atoms in total. The Labute approximate surface area is 113 Å². The van der Waals surface area contributed by atoms with Gasteiger partial charge >= 0.3 is 0 Å². The van der Waals surface area contributed by atoms with E-state index in [0.717, 1.165) is 17.7 Å². The van der Waals surface area contributed by atoms with Crippen LogP contribution in [-0.2, 0) is 13.0 Å². The molecular formula is C16H18FNO. The second kappa shape index (κ2) is 6.34. The summed E-state index contributed by atoms with van der Waals surface area (Å²) in [7, 11) is 1.79. The van der Waals surface area contributed by atoms with Gasteiger partial charge in [-0.05, 0) is 37.2 Å². The van der Waals surface area contributed by atoms with Crippen LogP contribution in [-0.4, -0.2) is 7.05 Å². The van der Waals surface area contributed by atoms with Gasteiger partial charge in [0.05, 0.1) is 0 Å². The van der Waals surface area contributed by atoms with Crippen molar-refractivity contribution in [2.75, 3.05) is 7.05 Å². The molecule has 0 saturated carbocycles. The third kappa shape index (κ3) is 3.12. The molecule has 2 aromatic rings. The zero-order chi connectivity index (χ0) is 13.7. The highest BCUT2D eigenvalue weighted by molar-refractivity contribution is 5.41. The van der Waals surface area contributed by atoms with Crippen molar-refractivity contribution < 1.29 is 9.13 Å². The third-order valence-electron chi connectivity index (χ3n) is 3.00. The predicted molar refractivity (Wildman–Crippen MR) is 75.1 cm³/mol. The van der Waals surface area contributed by atoms with E-state index in [1.807, 2.05) is 24.3 Å². The average molecular weight is 259 g/mol. The topological polar surface area (TPSA) is 21.3 Å². The molecule has 2 aromatic carbocycles. The maximum Gasteiger partial charge on any atom is 0.134 e. The summed E-state index contributed by atoms with van der Waals surface area (Å²) in [5, 5.41) is 2.96. The van der Waals surface area contributed by atoms with E-state index in [4.69, 9.17) is 4.74 Å². The smallest absolute Gasteiger partial charge is 0.134 e. The molecule has 3 heteroatoms. The van der Waals surface area contributed by atoms with E-state index in [1.54, 1.807) is 19.2 Å². The van der Waals surface area contributed by atoms with E-state index in [2.05, 4.69) is 12.2 Å². The molecule has 0 atom stereocenters. The Balaban J connectivity index is 2.35. The molecule has 2 rings (SSSR count). The van der Waals surface area contributed by atoms with Gasteiger partial charge in [0.1, 0.15) is 17.3 Å². The summed E-state index contributed by atoms with van der Waals surface area (Å²) in [6.45, 7) is 2.51. The lowest BCUT2D eigenvalue weighted by molar-refractivity contribution is 0.459. The van der Waals surface area contributed by atoms with Crippen LogP contribution < -0.4 is 10.1 Å². The zero-order valence-electron chi connectivity index (χ0n) is 11.2. The molecule has 0 spiro atoms. The molecule has 100 valence electrons. The monoisotopic (exact) mass is 259 g/mol. The van der Waals surface area contributed by atoms with Gasteiger partial charge in [-0.2, -0.15) is 0 Å². The standard InChI is InChI=1S/C16H18FNO/c1-3-12-7-4-5-9-15(12)19-16-10-6-8-14(17)13(16)11-18-2/h4-10,18H,3,11H2,1-2H3. The van der Waals surface area contributed by atoms with Gasteiger partial charge in [0.15, 0.2) is 0 Å². The van der Waals surface area contributed by atoms with Crippen molar-refractivity contribution in [1.29, 1.82) is 0 Å². The van der Waals surface area contributed by atoms with Crippen LogP contribution in [0, 0.1) is 5.82 Å². The Kier molecular flexibility index (Phi) is 4.53. The number of aryl methyl sites for hydroxylation is 1. The van der Waals surface area contributed by atoms with Crippen LogP contribution >= 0.6 is 0 Å². The highest BCUT2D eigenvalue weighted by Gasteiger charge is 2.11. The molecule has 0 radical (unpaired) electrons. The number of para-hydroxylation sites is 1. The number of hydrogen-bond acceptors (Lipinski definition) is 2. The van der Waals surface area contributed by atoms with E-state index in [-0.39, 0.29) is 5.82 Å². The van der Waals surface area contributed by atoms with Crippen LogP contribution in [0.25, 0.3) is 0 Å². The van der Waals surface area contributed by atoms with Crippen molar-refractivity contribution in [3.63, 3.8) is 0 Å². The lowest BCUT2D eigenvalue weighted by atomic mass is 10.1. The van der Waals surface area contributed by atoms with Gasteiger partial charge in [0, 0.05) is 12.1 Å². The van der Waals surface area contributed by atoms with Crippen LogP contribution in [0.5, 0.6) is 11.5 Å². The van der Waals surface area contributed by atoms with Crippen molar-refractivity contribution in [2.24, 2.45) is 0 Å². The maximum absolute atomic E-state index is 13.8. The van der Waals surface area contributed by atoms with Crippen molar-refractivity contribution in [3.05, 3.63) is 59.4 Å². The zero-order valence-corrected chi connectivity index (χ0v) is 11.2. The van der Waals surface area contributed by atoms with Crippen molar-refractivity contribution >= 4 is 0 Å². The summed E-state index contributed by atoms with van der Waals surface area (Å²) < 4.78 is 19.7. The predicted octanol–water partition coefficient (Wildman–Crippen LogP) is 3.90. The fourth-order valence-electron chi connectivity index (χ4n) is 2.00. The van der Waals surface area contributed by atoms with Crippen LogP contribution in [0.3, 0.4) is 0 Å². The number of hydrogen-bond donors (Lipinski definition) is 1. The molecule has 0 aliphatic carbocycles. The summed E-state index contributed by atoms with van der Waals surface area (Å²) in [6.07, 6.45) is 0.882. The van der Waals surface area contributed by atoms with Gasteiger partial charge in [-0.15, -0.1) is 0 Å². The lowest BCUT2D eigenvalue weighted by Crippen LogP contribution is -2.08. The van der Waals surface area contributed by atoms with Crippen molar-refractivity contribution in [3.8, 4) is 11.5 Å². The van der Waals surface area contributed by atoms with Gasteiger partial charge in [-0.25, -0.2) is 4.39 Å². The SMILES string of the molecule is CCc1ccccc1Oc1cccc(F)c1CNC. The van der Waals surface area contributed by atoms with E-state index in [9.17, 15) is 4.39 Å². The molecule has 0 heterocycles. The molecule has 0 fully saturated rings. The third-order valence-corrected chi connectivity index (χ3v) is 3.00. The molecule has 19 heavy (non-hydrogen) atoms. The minimum atomic E-state index is -0.249. The van der Waals surface area contributed by atoms with E-state index in [0.29, 0.717) is 17.9 Å². The molecule has 0 aliphatic heterocycles. The first-order valence-corrected chi connectivity index (χ1v) is 6.44. The largest absolute Gasteiger partial charge is 0.457 e. The minimum absolute atomic E-state index is 0.249. The highest BCUT2D eigenvalue weighted by atomic mass is 19.1. The summed E-state index contributed by atoms with van der Waals surface area (Å²) in [6, 6.07) is 12.7. The number of rotatable bonds is 5. The van der Waals surface area contributed by atoms with Crippen LogP contribution in [0.15, 0.2) is 42.5 Å². The first-order chi connectivity index (χ1) is 9.26. The normalized spacial score (nSPS) is 10.5. The molecular weight excluding hydrogens is 241 g/mol. The molecule has 0 unspecified atom stereocenters. The Morgan fingerprint density at radius 1 is 1.05 bits per heavy atom. The molecule has 0 bridgehead atoms. The Morgan fingerprint density at radius 3 is 2.53 bits per heavy atom. The summed E-state index contributed by atoms with van der Waals surface area (Å²) >= 11 is 0. The summed E-state index contributed by atoms with van der Waals surface area (Å²) in [4.78, 5) is 0. The first kappa shape index (κ1) is 13.6. The number of ether oxygens (including phenoxy) is 1. The van der Waals surface area contributed by atoms with Crippen LogP contribution in [0.4, 0.5) is 4.39 Å². The van der Waals surface area contributed by atoms with Gasteiger partial charge in [0.2, 0.25) is 0 Å². The number of benzene rings is 2. The molecule has 0 amide bonds.